The molecule has 0 aromatic heterocycles. The Bertz CT molecular complexity index is 1640. The van der Waals surface area contributed by atoms with Crippen molar-refractivity contribution in [3.05, 3.63) is 0 Å². The zero-order chi connectivity index (χ0) is 39.8. The van der Waals surface area contributed by atoms with Crippen LogP contribution < -0.4 is 5.32 Å². The van der Waals surface area contributed by atoms with Gasteiger partial charge in [0.1, 0.15) is 6.10 Å². The molecular formula is C45H74N2O7S. The topological polar surface area (TPSA) is 133 Å². The van der Waals surface area contributed by atoms with E-state index < -0.39 is 27.1 Å². The minimum atomic E-state index is -2.98. The summed E-state index contributed by atoms with van der Waals surface area (Å²) in [6, 6.07) is -0.0579. The second kappa shape index (κ2) is 13.1. The lowest BCUT2D eigenvalue weighted by Gasteiger charge is -2.73. The predicted molar refractivity (Wildman–Crippen MR) is 214 cm³/mol. The maximum absolute atomic E-state index is 13.6. The molecule has 8 fully saturated rings. The maximum atomic E-state index is 13.6. The van der Waals surface area contributed by atoms with Crippen LogP contribution in [0, 0.1) is 73.9 Å². The number of fused-ring (bicyclic) bond motifs is 7. The Morgan fingerprint density at radius 1 is 0.764 bits per heavy atom. The number of aliphatic hydroxyl groups is 1. The van der Waals surface area contributed by atoms with E-state index in [2.05, 4.69) is 51.8 Å². The van der Waals surface area contributed by atoms with Crippen molar-refractivity contribution in [2.45, 2.75) is 157 Å². The van der Waals surface area contributed by atoms with Crippen molar-refractivity contribution in [3.63, 3.8) is 0 Å². The van der Waals surface area contributed by atoms with Gasteiger partial charge in [-0.05, 0) is 140 Å². The lowest BCUT2D eigenvalue weighted by atomic mass is 9.32. The van der Waals surface area contributed by atoms with Gasteiger partial charge in [-0.2, -0.15) is 0 Å². The van der Waals surface area contributed by atoms with Gasteiger partial charge in [0.2, 0.25) is 0 Å². The van der Waals surface area contributed by atoms with Crippen LogP contribution in [0.1, 0.15) is 139 Å². The second-order valence-electron chi connectivity index (χ2n) is 22.8. The van der Waals surface area contributed by atoms with Crippen molar-refractivity contribution in [1.29, 1.82) is 0 Å². The molecule has 0 bridgehead atoms. The molecule has 1 unspecified atom stereocenters. The number of carbonyl (C=O) groups is 2. The van der Waals surface area contributed by atoms with E-state index in [0.29, 0.717) is 48.6 Å². The molecule has 7 saturated carbocycles. The quantitative estimate of drug-likeness (QED) is 0.212. The van der Waals surface area contributed by atoms with E-state index in [0.717, 1.165) is 31.7 Å². The van der Waals surface area contributed by atoms with E-state index in [4.69, 9.17) is 4.74 Å². The third-order valence-corrected chi connectivity index (χ3v) is 21.8. The second-order valence-corrected chi connectivity index (χ2v) is 25.1. The lowest BCUT2D eigenvalue weighted by Crippen LogP contribution is -2.69. The summed E-state index contributed by atoms with van der Waals surface area (Å²) in [5, 5.41) is 24.5. The molecule has 8 rings (SSSR count). The fourth-order valence-corrected chi connectivity index (χ4v) is 17.4. The smallest absolute Gasteiger partial charge is 0.309 e. The summed E-state index contributed by atoms with van der Waals surface area (Å²) in [5.41, 5.74) is 0.384. The minimum absolute atomic E-state index is 0.0513. The van der Waals surface area contributed by atoms with Crippen LogP contribution in [0.15, 0.2) is 0 Å². The molecule has 8 aliphatic rings. The molecule has 312 valence electrons. The molecule has 0 spiro atoms. The SMILES string of the molecule is CC1(C2CC[C@]3(NC[C@@H](CO)N4CCS(=O)(=O)CC4)CC[C@]4(C)[C@H](CC[C@@H]5[C@@]6(C)CC[C@H](OC(=O)[C@H]7C[C@@H](C(=O)O)C7(C)C)C(C)(C)[C@@H]6CC[C@]54C)[C@@H]23)CC1. The zero-order valence-corrected chi connectivity index (χ0v) is 36.2. The number of aliphatic carboxylic acids is 1. The van der Waals surface area contributed by atoms with Gasteiger partial charge in [0, 0.05) is 36.6 Å². The van der Waals surface area contributed by atoms with E-state index in [-0.39, 0.29) is 69.3 Å². The van der Waals surface area contributed by atoms with Crippen molar-refractivity contribution in [2.24, 2.45) is 73.9 Å². The highest BCUT2D eigenvalue weighted by molar-refractivity contribution is 7.91. The number of hydrogen-bond donors (Lipinski definition) is 3. The van der Waals surface area contributed by atoms with Gasteiger partial charge < -0.3 is 20.3 Å². The number of sulfone groups is 1. The first kappa shape index (κ1) is 40.5. The van der Waals surface area contributed by atoms with Gasteiger partial charge in [-0.25, -0.2) is 8.42 Å². The van der Waals surface area contributed by atoms with Gasteiger partial charge in [0.05, 0.1) is 29.9 Å². The summed E-state index contributed by atoms with van der Waals surface area (Å²) in [6.07, 6.45) is 14.7. The average molecular weight is 787 g/mol. The van der Waals surface area contributed by atoms with Crippen molar-refractivity contribution >= 4 is 21.8 Å². The standard InChI is InChI=1S/C45H74N2O7S/c1-39(2)31(37(49)50)25-32(39)38(51)54-35-13-14-42(6)33(40(35,3)4)12-15-44(8)34(42)10-9-30-36-29(41(5)17-18-41)11-16-45(36,20-19-43(30,44)7)46-26-28(27-48)47-21-23-55(52,53)24-22-47/h28-36,46,48H,9-27H2,1-8H3,(H,49,50)/t28-,29?,30+,31-,32+,33-,34+,35-,36+,42-,43+,44+,45-/m0/s1. The maximum Gasteiger partial charge on any atom is 0.309 e. The molecular weight excluding hydrogens is 713 g/mol. The number of aliphatic hydroxyl groups excluding tert-OH is 1. The molecule has 0 amide bonds. The number of hydrogen-bond acceptors (Lipinski definition) is 8. The van der Waals surface area contributed by atoms with E-state index >= 15 is 0 Å². The van der Waals surface area contributed by atoms with Gasteiger partial charge in [-0.3, -0.25) is 14.5 Å². The van der Waals surface area contributed by atoms with Gasteiger partial charge >= 0.3 is 11.9 Å². The summed E-state index contributed by atoms with van der Waals surface area (Å²) >= 11 is 0. The van der Waals surface area contributed by atoms with Crippen molar-refractivity contribution in [1.82, 2.24) is 10.2 Å². The molecule has 1 heterocycles. The number of carboxylic acid groups (broad SMARTS) is 1. The summed E-state index contributed by atoms with van der Waals surface area (Å²) < 4.78 is 30.9. The number of ether oxygens (including phenoxy) is 1. The fraction of sp³-hybridized carbons (Fsp3) is 0.956. The van der Waals surface area contributed by atoms with E-state index in [1.807, 2.05) is 13.8 Å². The minimum Gasteiger partial charge on any atom is -0.481 e. The van der Waals surface area contributed by atoms with Crippen molar-refractivity contribution in [2.75, 3.05) is 37.7 Å². The van der Waals surface area contributed by atoms with Gasteiger partial charge in [-0.15, -0.1) is 0 Å². The predicted octanol–water partition coefficient (Wildman–Crippen LogP) is 6.96. The van der Waals surface area contributed by atoms with Crippen LogP contribution in [0.5, 0.6) is 0 Å². The van der Waals surface area contributed by atoms with Crippen LogP contribution in [0.25, 0.3) is 0 Å². The Hall–Kier alpha value is -1.23. The summed E-state index contributed by atoms with van der Waals surface area (Å²) in [6.45, 7) is 20.9. The number of esters is 1. The summed E-state index contributed by atoms with van der Waals surface area (Å²) in [4.78, 5) is 27.7. The highest BCUT2D eigenvalue weighted by atomic mass is 32.2. The Morgan fingerprint density at radius 3 is 2.07 bits per heavy atom. The molecule has 0 aromatic carbocycles. The number of carbonyl (C=O) groups excluding carboxylic acids is 1. The molecule has 3 N–H and O–H groups in total. The van der Waals surface area contributed by atoms with Crippen LogP contribution in [0.4, 0.5) is 0 Å². The Kier molecular flexibility index (Phi) is 9.68. The first-order chi connectivity index (χ1) is 25.6. The van der Waals surface area contributed by atoms with Crippen LogP contribution in [-0.4, -0.2) is 90.9 Å². The molecule has 10 heteroatoms. The van der Waals surface area contributed by atoms with E-state index in [1.54, 1.807) is 0 Å². The highest BCUT2D eigenvalue weighted by Gasteiger charge is 2.72. The normalized spacial score (nSPS) is 48.2. The van der Waals surface area contributed by atoms with E-state index in [9.17, 15) is 28.2 Å². The van der Waals surface area contributed by atoms with Gasteiger partial charge in [0.15, 0.2) is 9.84 Å². The monoisotopic (exact) mass is 787 g/mol. The number of nitrogens with zero attached hydrogens (tertiary/aromatic N) is 1. The average Bonchev–Trinajstić information content (AvgIpc) is 3.72. The number of rotatable bonds is 9. The molecule has 7 aliphatic carbocycles. The Balaban J connectivity index is 1.02. The molecule has 9 nitrogen and oxygen atoms in total. The Labute approximate surface area is 332 Å². The first-order valence-electron chi connectivity index (χ1n) is 22.3. The summed E-state index contributed by atoms with van der Waals surface area (Å²) in [5.74, 6) is 1.59. The molecule has 1 saturated heterocycles. The van der Waals surface area contributed by atoms with Crippen LogP contribution in [0.3, 0.4) is 0 Å². The Morgan fingerprint density at radius 2 is 1.45 bits per heavy atom. The molecule has 13 atom stereocenters. The molecule has 1 aliphatic heterocycles. The van der Waals surface area contributed by atoms with E-state index in [1.165, 1.54) is 57.8 Å². The summed E-state index contributed by atoms with van der Waals surface area (Å²) in [7, 11) is -2.98. The molecule has 0 aromatic rings. The number of nitrogens with one attached hydrogen (secondary N) is 1. The van der Waals surface area contributed by atoms with Gasteiger partial charge in [0.25, 0.3) is 0 Å². The zero-order valence-electron chi connectivity index (χ0n) is 35.4. The van der Waals surface area contributed by atoms with Crippen molar-refractivity contribution in [3.8, 4) is 0 Å². The third kappa shape index (κ3) is 5.98. The first-order valence-corrected chi connectivity index (χ1v) is 24.1. The van der Waals surface area contributed by atoms with Crippen LogP contribution in [-0.2, 0) is 24.2 Å². The van der Waals surface area contributed by atoms with Crippen LogP contribution >= 0.6 is 0 Å². The number of carboxylic acids is 1. The molecule has 0 radical (unpaired) electrons. The van der Waals surface area contributed by atoms with Crippen LogP contribution in [0.2, 0.25) is 0 Å². The largest absolute Gasteiger partial charge is 0.481 e. The molecule has 55 heavy (non-hydrogen) atoms. The van der Waals surface area contributed by atoms with Crippen molar-refractivity contribution < 1.29 is 33.0 Å². The fourth-order valence-electron chi connectivity index (χ4n) is 16.1. The highest BCUT2D eigenvalue weighted by Crippen LogP contribution is 2.78. The third-order valence-electron chi connectivity index (χ3n) is 20.2. The van der Waals surface area contributed by atoms with Gasteiger partial charge in [-0.1, -0.05) is 55.4 Å². The lowest BCUT2D eigenvalue weighted by molar-refractivity contribution is -0.250.